The van der Waals surface area contributed by atoms with E-state index in [-0.39, 0.29) is 5.91 Å². The Bertz CT molecular complexity index is 763. The molecule has 146 valence electrons. The first-order valence-electron chi connectivity index (χ1n) is 10.6. The molecule has 1 aromatic heterocycles. The second kappa shape index (κ2) is 8.73. The number of likely N-dealkylation sites (tertiary alicyclic amines) is 1. The highest BCUT2D eigenvalue weighted by Gasteiger charge is 2.37. The Morgan fingerprint density at radius 1 is 1.00 bits per heavy atom. The molecule has 4 nitrogen and oxygen atoms in total. The van der Waals surface area contributed by atoms with Gasteiger partial charge in [0, 0.05) is 18.3 Å². The van der Waals surface area contributed by atoms with Gasteiger partial charge >= 0.3 is 0 Å². The van der Waals surface area contributed by atoms with Crippen molar-refractivity contribution in [1.82, 2.24) is 14.5 Å². The number of piperidine rings is 1. The lowest BCUT2D eigenvalue weighted by Gasteiger charge is -2.44. The van der Waals surface area contributed by atoms with Crippen LogP contribution in [-0.2, 0) is 0 Å². The summed E-state index contributed by atoms with van der Waals surface area (Å²) in [5.74, 6) is 1.71. The topological polar surface area (TPSA) is 38.1 Å². The fourth-order valence-electron chi connectivity index (χ4n) is 4.81. The van der Waals surface area contributed by atoms with Crippen LogP contribution >= 0.6 is 0 Å². The summed E-state index contributed by atoms with van der Waals surface area (Å²) in [5, 5.41) is 0. The van der Waals surface area contributed by atoms with E-state index >= 15 is 0 Å². The number of fused-ring (bicyclic) bond motifs is 1. The molecule has 2 unspecified atom stereocenters. The minimum Gasteiger partial charge on any atom is -0.334 e. The summed E-state index contributed by atoms with van der Waals surface area (Å²) in [7, 11) is 0. The molecule has 1 aliphatic carbocycles. The third kappa shape index (κ3) is 3.80. The monoisotopic (exact) mass is 367 g/mol. The Hall–Kier alpha value is -2.10. The molecule has 0 radical (unpaired) electrons. The van der Waals surface area contributed by atoms with Crippen molar-refractivity contribution in [3.05, 3.63) is 47.5 Å². The predicted octanol–water partition coefficient (Wildman–Crippen LogP) is 5.31. The summed E-state index contributed by atoms with van der Waals surface area (Å²) < 4.78 is 2.09. The van der Waals surface area contributed by atoms with Crippen LogP contribution in [0.4, 0.5) is 0 Å². The molecule has 4 heteroatoms. The summed E-state index contributed by atoms with van der Waals surface area (Å²) in [6, 6.07) is 10.6. The van der Waals surface area contributed by atoms with E-state index < -0.39 is 0 Å². The van der Waals surface area contributed by atoms with Gasteiger partial charge in [0.25, 0.3) is 5.91 Å². The van der Waals surface area contributed by atoms with Crippen LogP contribution in [0.2, 0.25) is 0 Å². The molecule has 2 heterocycles. The highest BCUT2D eigenvalue weighted by atomic mass is 16.2. The number of carbonyl (C=O) groups excluding carboxylic acids is 1. The minimum absolute atomic E-state index is 0.131. The van der Waals surface area contributed by atoms with E-state index in [0.29, 0.717) is 17.7 Å². The van der Waals surface area contributed by atoms with E-state index in [9.17, 15) is 4.79 Å². The average molecular weight is 368 g/mol. The normalized spacial score (nSPS) is 21.9. The van der Waals surface area contributed by atoms with E-state index in [1.165, 1.54) is 25.7 Å². The van der Waals surface area contributed by atoms with Crippen LogP contribution in [0, 0.1) is 19.8 Å². The van der Waals surface area contributed by atoms with E-state index in [1.807, 2.05) is 45.9 Å². The second-order valence-corrected chi connectivity index (χ2v) is 7.52. The molecular weight excluding hydrogens is 334 g/mol. The predicted molar refractivity (Wildman–Crippen MR) is 110 cm³/mol. The molecule has 2 aliphatic rings. The highest BCUT2D eigenvalue weighted by Crippen LogP contribution is 2.36. The standard InChI is InChI=1S/C21H27N3O.C2H6/c1-15-20(22-16(2)24(15)18-11-4-3-5-12-18)21(25)23-14-8-10-17-9-6-7-13-19(17)23;1-2/h3-5,11-12,17,19H,6-10,13-14H2,1-2H3;1-2H3. The van der Waals surface area contributed by atoms with Crippen molar-refractivity contribution in [3.8, 4) is 5.69 Å². The van der Waals surface area contributed by atoms with Crippen LogP contribution in [0.1, 0.15) is 74.4 Å². The first-order chi connectivity index (χ1) is 13.2. The van der Waals surface area contributed by atoms with Gasteiger partial charge in [-0.05, 0) is 57.6 Å². The number of hydrogen-bond acceptors (Lipinski definition) is 2. The van der Waals surface area contributed by atoms with E-state index in [4.69, 9.17) is 0 Å². The number of para-hydroxylation sites is 1. The number of aryl methyl sites for hydroxylation is 1. The molecule has 0 spiro atoms. The summed E-state index contributed by atoms with van der Waals surface area (Å²) in [5.41, 5.74) is 2.65. The average Bonchev–Trinajstić information content (AvgIpc) is 3.03. The Kier molecular flexibility index (Phi) is 6.35. The second-order valence-electron chi connectivity index (χ2n) is 7.52. The van der Waals surface area contributed by atoms with E-state index in [2.05, 4.69) is 26.6 Å². The maximum absolute atomic E-state index is 13.3. The van der Waals surface area contributed by atoms with Gasteiger partial charge in [-0.25, -0.2) is 4.98 Å². The maximum atomic E-state index is 13.3. The Balaban J connectivity index is 0.00000102. The number of hydrogen-bond donors (Lipinski definition) is 0. The van der Waals surface area contributed by atoms with Gasteiger partial charge in [0.15, 0.2) is 0 Å². The molecule has 2 atom stereocenters. The van der Waals surface area contributed by atoms with Crippen molar-refractivity contribution in [2.24, 2.45) is 5.92 Å². The maximum Gasteiger partial charge on any atom is 0.274 e. The van der Waals surface area contributed by atoms with Gasteiger partial charge in [0.05, 0.1) is 5.69 Å². The summed E-state index contributed by atoms with van der Waals surface area (Å²) in [6.07, 6.45) is 7.43. The SMILES string of the molecule is CC.Cc1nc(C(=O)N2CCCC3CCCCC32)c(C)n1-c1ccccc1. The van der Waals surface area contributed by atoms with Crippen LogP contribution in [0.5, 0.6) is 0 Å². The zero-order chi connectivity index (χ0) is 19.4. The molecule has 2 aromatic rings. The molecular formula is C23H33N3O. The van der Waals surface area contributed by atoms with Crippen LogP contribution in [0.15, 0.2) is 30.3 Å². The third-order valence-electron chi connectivity index (χ3n) is 6.00. The molecule has 27 heavy (non-hydrogen) atoms. The van der Waals surface area contributed by atoms with E-state index in [1.54, 1.807) is 0 Å². The lowest BCUT2D eigenvalue weighted by molar-refractivity contribution is 0.0385. The van der Waals surface area contributed by atoms with Gasteiger partial charge in [-0.3, -0.25) is 4.79 Å². The van der Waals surface area contributed by atoms with Crippen LogP contribution < -0.4 is 0 Å². The lowest BCUT2D eigenvalue weighted by Crippen LogP contribution is -2.49. The van der Waals surface area contributed by atoms with Crippen molar-refractivity contribution >= 4 is 5.91 Å². The van der Waals surface area contributed by atoms with Crippen LogP contribution in [0.25, 0.3) is 5.69 Å². The number of benzene rings is 1. The Labute approximate surface area is 163 Å². The Morgan fingerprint density at radius 3 is 2.41 bits per heavy atom. The van der Waals surface area contributed by atoms with Gasteiger partial charge in [-0.2, -0.15) is 0 Å². The van der Waals surface area contributed by atoms with Crippen molar-refractivity contribution < 1.29 is 4.79 Å². The fourth-order valence-corrected chi connectivity index (χ4v) is 4.81. The minimum atomic E-state index is 0.131. The summed E-state index contributed by atoms with van der Waals surface area (Å²) >= 11 is 0. The van der Waals surface area contributed by atoms with Crippen LogP contribution in [-0.4, -0.2) is 32.9 Å². The van der Waals surface area contributed by atoms with Gasteiger partial charge in [-0.15, -0.1) is 0 Å². The van der Waals surface area contributed by atoms with Crippen molar-refractivity contribution in [3.63, 3.8) is 0 Å². The van der Waals surface area contributed by atoms with Gasteiger partial charge in [0.1, 0.15) is 11.5 Å². The quantitative estimate of drug-likeness (QED) is 0.721. The molecule has 4 rings (SSSR count). The smallest absolute Gasteiger partial charge is 0.274 e. The molecule has 2 fully saturated rings. The number of rotatable bonds is 2. The molecule has 1 aromatic carbocycles. The molecule has 0 N–H and O–H groups in total. The number of imidazole rings is 1. The zero-order valence-electron chi connectivity index (χ0n) is 17.2. The zero-order valence-corrected chi connectivity index (χ0v) is 17.2. The van der Waals surface area contributed by atoms with Crippen molar-refractivity contribution in [2.75, 3.05) is 6.54 Å². The third-order valence-corrected chi connectivity index (χ3v) is 6.00. The van der Waals surface area contributed by atoms with Crippen LogP contribution in [0.3, 0.4) is 0 Å². The first-order valence-corrected chi connectivity index (χ1v) is 10.6. The number of carbonyl (C=O) groups is 1. The molecule has 1 amide bonds. The summed E-state index contributed by atoms with van der Waals surface area (Å²) in [4.78, 5) is 20.1. The molecule has 1 saturated carbocycles. The fraction of sp³-hybridized carbons (Fsp3) is 0.565. The number of amides is 1. The number of aromatic nitrogens is 2. The Morgan fingerprint density at radius 2 is 1.67 bits per heavy atom. The summed E-state index contributed by atoms with van der Waals surface area (Å²) in [6.45, 7) is 8.88. The first kappa shape index (κ1) is 19.7. The number of nitrogens with zero attached hydrogens (tertiary/aromatic N) is 3. The molecule has 0 bridgehead atoms. The highest BCUT2D eigenvalue weighted by molar-refractivity contribution is 5.94. The van der Waals surface area contributed by atoms with Crippen molar-refractivity contribution in [2.45, 2.75) is 72.3 Å². The molecule has 1 aliphatic heterocycles. The van der Waals surface area contributed by atoms with Gasteiger partial charge in [-0.1, -0.05) is 44.9 Å². The largest absolute Gasteiger partial charge is 0.334 e. The van der Waals surface area contributed by atoms with Gasteiger partial charge < -0.3 is 9.47 Å². The lowest BCUT2D eigenvalue weighted by atomic mass is 9.78. The van der Waals surface area contributed by atoms with E-state index in [0.717, 1.165) is 36.6 Å². The van der Waals surface area contributed by atoms with Gasteiger partial charge in [0.2, 0.25) is 0 Å². The van der Waals surface area contributed by atoms with Crippen molar-refractivity contribution in [1.29, 1.82) is 0 Å². The molecule has 1 saturated heterocycles.